The number of hydrogen-bond acceptors (Lipinski definition) is 2. The first-order valence-corrected chi connectivity index (χ1v) is 4.97. The Labute approximate surface area is 90.9 Å². The lowest BCUT2D eigenvalue weighted by atomic mass is 10.0. The molecule has 15 heavy (non-hydrogen) atoms. The van der Waals surface area contributed by atoms with Crippen LogP contribution in [0.2, 0.25) is 0 Å². The molecule has 1 aromatic rings. The highest BCUT2D eigenvalue weighted by Crippen LogP contribution is 2.16. The average Bonchev–Trinajstić information content (AvgIpc) is 2.27. The van der Waals surface area contributed by atoms with Gasteiger partial charge >= 0.3 is 0 Å². The zero-order valence-electron chi connectivity index (χ0n) is 9.37. The first kappa shape index (κ1) is 11.6. The normalized spacial score (nSPS) is 13.6. The van der Waals surface area contributed by atoms with E-state index in [0.29, 0.717) is 6.42 Å². The molecule has 0 spiro atoms. The number of para-hydroxylation sites is 1. The van der Waals surface area contributed by atoms with Gasteiger partial charge in [0.1, 0.15) is 11.4 Å². The number of aliphatic hydroxyl groups is 1. The standard InChI is InChI=1S/C13H16O2/c1-4-13(2,14)10-9-11-7-5-6-8-12(11)15-3/h5-8,14H,4H2,1-3H3. The molecule has 0 aromatic heterocycles. The quantitative estimate of drug-likeness (QED) is 0.748. The first-order chi connectivity index (χ1) is 7.09. The molecule has 1 unspecified atom stereocenters. The second kappa shape index (κ2) is 4.86. The van der Waals surface area contributed by atoms with Gasteiger partial charge in [-0.25, -0.2) is 0 Å². The van der Waals surface area contributed by atoms with Gasteiger partial charge in [0.15, 0.2) is 0 Å². The molecular weight excluding hydrogens is 188 g/mol. The van der Waals surface area contributed by atoms with Gasteiger partial charge in [0.2, 0.25) is 0 Å². The monoisotopic (exact) mass is 204 g/mol. The maximum Gasteiger partial charge on any atom is 0.134 e. The fourth-order valence-electron chi connectivity index (χ4n) is 1.04. The zero-order chi connectivity index (χ0) is 11.3. The maximum atomic E-state index is 9.73. The van der Waals surface area contributed by atoms with Crippen molar-refractivity contribution in [2.75, 3.05) is 7.11 Å². The largest absolute Gasteiger partial charge is 0.495 e. The van der Waals surface area contributed by atoms with Crippen LogP contribution in [0.15, 0.2) is 24.3 Å². The van der Waals surface area contributed by atoms with Crippen LogP contribution >= 0.6 is 0 Å². The summed E-state index contributed by atoms with van der Waals surface area (Å²) in [5, 5.41) is 9.73. The molecule has 2 heteroatoms. The lowest BCUT2D eigenvalue weighted by Gasteiger charge is -2.12. The third-order valence-electron chi connectivity index (χ3n) is 2.26. The van der Waals surface area contributed by atoms with Gasteiger partial charge in [0.05, 0.1) is 12.7 Å². The Morgan fingerprint density at radius 1 is 1.40 bits per heavy atom. The molecule has 0 radical (unpaired) electrons. The topological polar surface area (TPSA) is 29.5 Å². The van der Waals surface area contributed by atoms with Crippen LogP contribution in [0.1, 0.15) is 25.8 Å². The van der Waals surface area contributed by atoms with Crippen molar-refractivity contribution in [1.29, 1.82) is 0 Å². The Kier molecular flexibility index (Phi) is 3.76. The van der Waals surface area contributed by atoms with Crippen LogP contribution in [0.25, 0.3) is 0 Å². The van der Waals surface area contributed by atoms with E-state index in [1.807, 2.05) is 31.2 Å². The van der Waals surface area contributed by atoms with E-state index in [-0.39, 0.29) is 0 Å². The fraction of sp³-hybridized carbons (Fsp3) is 0.385. The summed E-state index contributed by atoms with van der Waals surface area (Å²) in [6.45, 7) is 3.60. The molecule has 0 fully saturated rings. The van der Waals surface area contributed by atoms with Crippen LogP contribution in [0, 0.1) is 11.8 Å². The highest BCUT2D eigenvalue weighted by atomic mass is 16.5. The van der Waals surface area contributed by atoms with Gasteiger partial charge in [-0.1, -0.05) is 30.9 Å². The van der Waals surface area contributed by atoms with Crippen LogP contribution in [-0.2, 0) is 0 Å². The van der Waals surface area contributed by atoms with Crippen LogP contribution in [0.3, 0.4) is 0 Å². The highest BCUT2D eigenvalue weighted by molar-refractivity contribution is 5.46. The zero-order valence-corrected chi connectivity index (χ0v) is 9.37. The van der Waals surface area contributed by atoms with Crippen molar-refractivity contribution >= 4 is 0 Å². The predicted octanol–water partition coefficient (Wildman–Crippen LogP) is 2.21. The summed E-state index contributed by atoms with van der Waals surface area (Å²) >= 11 is 0. The van der Waals surface area contributed by atoms with E-state index in [1.165, 1.54) is 0 Å². The van der Waals surface area contributed by atoms with Crippen molar-refractivity contribution in [3.05, 3.63) is 29.8 Å². The van der Waals surface area contributed by atoms with Crippen molar-refractivity contribution in [2.45, 2.75) is 25.9 Å². The van der Waals surface area contributed by atoms with E-state index < -0.39 is 5.60 Å². The molecule has 1 aromatic carbocycles. The number of hydrogen-bond donors (Lipinski definition) is 1. The minimum Gasteiger partial charge on any atom is -0.495 e. The molecule has 80 valence electrons. The summed E-state index contributed by atoms with van der Waals surface area (Å²) in [4.78, 5) is 0. The molecule has 0 aliphatic heterocycles. The van der Waals surface area contributed by atoms with Gasteiger partial charge in [0.25, 0.3) is 0 Å². The first-order valence-electron chi connectivity index (χ1n) is 4.97. The number of benzene rings is 1. The van der Waals surface area contributed by atoms with Gasteiger partial charge in [-0.3, -0.25) is 0 Å². The van der Waals surface area contributed by atoms with Gasteiger partial charge in [-0.05, 0) is 25.5 Å². The molecule has 1 atom stereocenters. The predicted molar refractivity (Wildman–Crippen MR) is 60.8 cm³/mol. The van der Waals surface area contributed by atoms with E-state index in [2.05, 4.69) is 11.8 Å². The van der Waals surface area contributed by atoms with Crippen molar-refractivity contribution < 1.29 is 9.84 Å². The van der Waals surface area contributed by atoms with Crippen molar-refractivity contribution in [1.82, 2.24) is 0 Å². The molecular formula is C13H16O2. The maximum absolute atomic E-state index is 9.73. The van der Waals surface area contributed by atoms with Crippen molar-refractivity contribution in [2.24, 2.45) is 0 Å². The van der Waals surface area contributed by atoms with Crippen molar-refractivity contribution in [3.8, 4) is 17.6 Å². The molecule has 0 saturated heterocycles. The summed E-state index contributed by atoms with van der Waals surface area (Å²) in [6.07, 6.45) is 0.606. The summed E-state index contributed by atoms with van der Waals surface area (Å²) in [5.41, 5.74) is -0.130. The Bertz CT molecular complexity index is 383. The molecule has 0 saturated carbocycles. The van der Waals surface area contributed by atoms with Crippen LogP contribution in [0.4, 0.5) is 0 Å². The summed E-state index contributed by atoms with van der Waals surface area (Å²) in [5.74, 6) is 6.49. The number of rotatable bonds is 2. The van der Waals surface area contributed by atoms with E-state index in [0.717, 1.165) is 11.3 Å². The minimum atomic E-state index is -0.930. The summed E-state index contributed by atoms with van der Waals surface area (Å²) in [6, 6.07) is 7.51. The Hall–Kier alpha value is -1.46. The average molecular weight is 204 g/mol. The SMILES string of the molecule is CCC(C)(O)C#Cc1ccccc1OC. The lowest BCUT2D eigenvalue weighted by molar-refractivity contribution is 0.118. The highest BCUT2D eigenvalue weighted by Gasteiger charge is 2.12. The van der Waals surface area contributed by atoms with Gasteiger partial charge in [-0.2, -0.15) is 0 Å². The second-order valence-electron chi connectivity index (χ2n) is 3.58. The summed E-state index contributed by atoms with van der Waals surface area (Å²) < 4.78 is 5.16. The Morgan fingerprint density at radius 3 is 2.67 bits per heavy atom. The van der Waals surface area contributed by atoms with E-state index in [1.54, 1.807) is 14.0 Å². The third kappa shape index (κ3) is 3.30. The third-order valence-corrected chi connectivity index (χ3v) is 2.26. The van der Waals surface area contributed by atoms with Crippen LogP contribution in [-0.4, -0.2) is 17.8 Å². The van der Waals surface area contributed by atoms with Gasteiger partial charge < -0.3 is 9.84 Å². The van der Waals surface area contributed by atoms with Gasteiger partial charge in [0, 0.05) is 0 Å². The van der Waals surface area contributed by atoms with Crippen LogP contribution in [0.5, 0.6) is 5.75 Å². The molecule has 0 amide bonds. The van der Waals surface area contributed by atoms with Gasteiger partial charge in [-0.15, -0.1) is 0 Å². The molecule has 0 aliphatic carbocycles. The molecule has 2 nitrogen and oxygen atoms in total. The molecule has 1 rings (SSSR count). The molecule has 0 heterocycles. The van der Waals surface area contributed by atoms with E-state index in [4.69, 9.17) is 4.74 Å². The van der Waals surface area contributed by atoms with E-state index in [9.17, 15) is 5.11 Å². The molecule has 0 aliphatic rings. The van der Waals surface area contributed by atoms with Crippen molar-refractivity contribution in [3.63, 3.8) is 0 Å². The number of methoxy groups -OCH3 is 1. The lowest BCUT2D eigenvalue weighted by Crippen LogP contribution is -2.19. The Balaban J connectivity index is 2.98. The van der Waals surface area contributed by atoms with E-state index >= 15 is 0 Å². The minimum absolute atomic E-state index is 0.606. The molecule has 1 N–H and O–H groups in total. The van der Waals surface area contributed by atoms with Crippen LogP contribution < -0.4 is 4.74 Å². The number of ether oxygens (including phenoxy) is 1. The second-order valence-corrected chi connectivity index (χ2v) is 3.58. The smallest absolute Gasteiger partial charge is 0.134 e. The Morgan fingerprint density at radius 2 is 2.07 bits per heavy atom. The summed E-state index contributed by atoms with van der Waals surface area (Å²) in [7, 11) is 1.61. The fourth-order valence-corrected chi connectivity index (χ4v) is 1.04. The molecule has 0 bridgehead atoms.